The van der Waals surface area contributed by atoms with Gasteiger partial charge in [0.25, 0.3) is 0 Å². The molecule has 0 aliphatic carbocycles. The lowest BCUT2D eigenvalue weighted by atomic mass is 10.3. The molecular weight excluding hydrogens is 345 g/mol. The molecule has 134 valence electrons. The number of rotatable bonds is 6. The molecule has 26 heavy (non-hydrogen) atoms. The minimum absolute atomic E-state index is 0.0332. The highest BCUT2D eigenvalue weighted by molar-refractivity contribution is 5.60. The first-order valence-electron chi connectivity index (χ1n) is 7.80. The lowest BCUT2D eigenvalue weighted by molar-refractivity contribution is 0.340. The Morgan fingerprint density at radius 3 is 2.42 bits per heavy atom. The van der Waals surface area contributed by atoms with Crippen molar-refractivity contribution in [3.63, 3.8) is 0 Å². The Labute approximate surface area is 147 Å². The van der Waals surface area contributed by atoms with Crippen molar-refractivity contribution in [2.24, 2.45) is 0 Å². The van der Waals surface area contributed by atoms with Crippen LogP contribution in [0.15, 0.2) is 48.7 Å². The Kier molecular flexibility index (Phi) is 5.21. The standard InChI is InChI=1S/C18H15F3N4O/c1-2-26-12-5-3-11(4-6-12)23-15-9-10-22-18(25-15)24-14-8-7-13(19)16(20)17(14)21/h3-10H,2H2,1H3,(H2,22,23,24,25). The first kappa shape index (κ1) is 17.5. The van der Waals surface area contributed by atoms with Crippen LogP contribution in [0.25, 0.3) is 0 Å². The van der Waals surface area contributed by atoms with Crippen molar-refractivity contribution >= 4 is 23.1 Å². The third kappa shape index (κ3) is 4.02. The second-order valence-electron chi connectivity index (χ2n) is 5.20. The molecule has 0 atom stereocenters. The van der Waals surface area contributed by atoms with Crippen molar-refractivity contribution in [2.75, 3.05) is 17.2 Å². The lowest BCUT2D eigenvalue weighted by Crippen LogP contribution is -2.03. The van der Waals surface area contributed by atoms with Crippen LogP contribution in [0.3, 0.4) is 0 Å². The van der Waals surface area contributed by atoms with Crippen LogP contribution in [0.4, 0.5) is 36.3 Å². The molecular formula is C18H15F3N4O. The molecule has 5 nitrogen and oxygen atoms in total. The summed E-state index contributed by atoms with van der Waals surface area (Å²) >= 11 is 0. The molecule has 2 aromatic carbocycles. The Morgan fingerprint density at radius 1 is 0.923 bits per heavy atom. The van der Waals surface area contributed by atoms with E-state index in [0.29, 0.717) is 12.4 Å². The van der Waals surface area contributed by atoms with E-state index in [0.717, 1.165) is 23.6 Å². The van der Waals surface area contributed by atoms with Crippen molar-refractivity contribution < 1.29 is 17.9 Å². The number of aromatic nitrogens is 2. The van der Waals surface area contributed by atoms with Crippen LogP contribution in [-0.4, -0.2) is 16.6 Å². The summed E-state index contributed by atoms with van der Waals surface area (Å²) in [5, 5.41) is 5.59. The van der Waals surface area contributed by atoms with Crippen molar-refractivity contribution in [1.82, 2.24) is 9.97 Å². The molecule has 1 heterocycles. The molecule has 0 saturated carbocycles. The predicted octanol–water partition coefficient (Wildman–Crippen LogP) is 4.78. The number of nitrogens with zero attached hydrogens (tertiary/aromatic N) is 2. The van der Waals surface area contributed by atoms with Gasteiger partial charge >= 0.3 is 0 Å². The summed E-state index contributed by atoms with van der Waals surface area (Å²) in [5.41, 5.74) is 0.499. The van der Waals surface area contributed by atoms with Gasteiger partial charge in [-0.15, -0.1) is 0 Å². The Balaban J connectivity index is 1.75. The first-order valence-corrected chi connectivity index (χ1v) is 7.80. The van der Waals surface area contributed by atoms with Crippen molar-refractivity contribution in [1.29, 1.82) is 0 Å². The number of halogens is 3. The van der Waals surface area contributed by atoms with E-state index in [1.54, 1.807) is 6.07 Å². The second-order valence-corrected chi connectivity index (χ2v) is 5.20. The van der Waals surface area contributed by atoms with Gasteiger partial charge in [-0.2, -0.15) is 4.98 Å². The average Bonchev–Trinajstić information content (AvgIpc) is 2.64. The van der Waals surface area contributed by atoms with Gasteiger partial charge in [-0.25, -0.2) is 18.2 Å². The molecule has 0 radical (unpaired) electrons. The van der Waals surface area contributed by atoms with E-state index in [9.17, 15) is 13.2 Å². The smallest absolute Gasteiger partial charge is 0.229 e. The first-order chi connectivity index (χ1) is 12.6. The van der Waals surface area contributed by atoms with Gasteiger partial charge in [0, 0.05) is 11.9 Å². The van der Waals surface area contributed by atoms with Gasteiger partial charge in [0.05, 0.1) is 12.3 Å². The number of nitrogens with one attached hydrogen (secondary N) is 2. The van der Waals surface area contributed by atoms with Crippen molar-refractivity contribution in [3.8, 4) is 5.75 Å². The fourth-order valence-corrected chi connectivity index (χ4v) is 2.18. The summed E-state index contributed by atoms with van der Waals surface area (Å²) in [6.45, 7) is 2.48. The Hall–Kier alpha value is -3.29. The van der Waals surface area contributed by atoms with Crippen molar-refractivity contribution in [2.45, 2.75) is 6.92 Å². The Morgan fingerprint density at radius 2 is 1.69 bits per heavy atom. The maximum Gasteiger partial charge on any atom is 0.229 e. The summed E-state index contributed by atoms with van der Waals surface area (Å²) in [5.74, 6) is -2.94. The lowest BCUT2D eigenvalue weighted by Gasteiger charge is -2.10. The summed E-state index contributed by atoms with van der Waals surface area (Å²) < 4.78 is 45.4. The summed E-state index contributed by atoms with van der Waals surface area (Å²) in [6.07, 6.45) is 1.45. The number of hydrogen-bond acceptors (Lipinski definition) is 5. The van der Waals surface area contributed by atoms with Crippen LogP contribution in [0.5, 0.6) is 5.75 Å². The molecule has 0 aliphatic rings. The maximum absolute atomic E-state index is 13.7. The molecule has 0 amide bonds. The van der Waals surface area contributed by atoms with Crippen LogP contribution in [0.2, 0.25) is 0 Å². The molecule has 0 fully saturated rings. The molecule has 8 heteroatoms. The van der Waals surface area contributed by atoms with Gasteiger partial charge in [-0.1, -0.05) is 0 Å². The fourth-order valence-electron chi connectivity index (χ4n) is 2.18. The molecule has 2 N–H and O–H groups in total. The van der Waals surface area contributed by atoms with E-state index < -0.39 is 17.5 Å². The summed E-state index contributed by atoms with van der Waals surface area (Å²) in [6, 6.07) is 10.8. The van der Waals surface area contributed by atoms with Crippen LogP contribution < -0.4 is 15.4 Å². The van der Waals surface area contributed by atoms with Gasteiger partial charge in [-0.3, -0.25) is 0 Å². The molecule has 0 saturated heterocycles. The molecule has 1 aromatic heterocycles. The van der Waals surface area contributed by atoms with Crippen LogP contribution >= 0.6 is 0 Å². The zero-order valence-corrected chi connectivity index (χ0v) is 13.8. The quantitative estimate of drug-likeness (QED) is 0.620. The van der Waals surface area contributed by atoms with Crippen molar-refractivity contribution in [3.05, 3.63) is 66.1 Å². The van der Waals surface area contributed by atoms with Gasteiger partial charge < -0.3 is 15.4 Å². The number of benzene rings is 2. The van der Waals surface area contributed by atoms with E-state index in [1.165, 1.54) is 6.20 Å². The fraction of sp³-hybridized carbons (Fsp3) is 0.111. The summed E-state index contributed by atoms with van der Waals surface area (Å²) in [4.78, 5) is 8.11. The molecule has 0 bridgehead atoms. The zero-order valence-electron chi connectivity index (χ0n) is 13.8. The van der Waals surface area contributed by atoms with E-state index in [2.05, 4.69) is 20.6 Å². The van der Waals surface area contributed by atoms with Crippen LogP contribution in [-0.2, 0) is 0 Å². The minimum atomic E-state index is -1.56. The van der Waals surface area contributed by atoms with E-state index in [-0.39, 0.29) is 11.6 Å². The molecule has 3 aromatic rings. The minimum Gasteiger partial charge on any atom is -0.494 e. The summed E-state index contributed by atoms with van der Waals surface area (Å²) in [7, 11) is 0. The van der Waals surface area contributed by atoms with E-state index in [1.807, 2.05) is 31.2 Å². The molecule has 0 unspecified atom stereocenters. The van der Waals surface area contributed by atoms with Gasteiger partial charge in [0.15, 0.2) is 17.5 Å². The average molecular weight is 360 g/mol. The normalized spacial score (nSPS) is 10.5. The highest BCUT2D eigenvalue weighted by Gasteiger charge is 2.14. The largest absolute Gasteiger partial charge is 0.494 e. The highest BCUT2D eigenvalue weighted by Crippen LogP contribution is 2.23. The topological polar surface area (TPSA) is 59.1 Å². The van der Waals surface area contributed by atoms with Gasteiger partial charge in [-0.05, 0) is 49.4 Å². The monoisotopic (exact) mass is 360 g/mol. The third-order valence-electron chi connectivity index (χ3n) is 3.37. The zero-order chi connectivity index (χ0) is 18.5. The van der Waals surface area contributed by atoms with Crippen LogP contribution in [0.1, 0.15) is 6.92 Å². The van der Waals surface area contributed by atoms with Crippen LogP contribution in [0, 0.1) is 17.5 Å². The Bertz CT molecular complexity index is 903. The second kappa shape index (κ2) is 7.73. The van der Waals surface area contributed by atoms with E-state index in [4.69, 9.17) is 4.74 Å². The number of ether oxygens (including phenoxy) is 1. The number of anilines is 4. The third-order valence-corrected chi connectivity index (χ3v) is 3.37. The molecule has 0 aliphatic heterocycles. The SMILES string of the molecule is CCOc1ccc(Nc2ccnc(Nc3ccc(F)c(F)c3F)n2)cc1. The highest BCUT2D eigenvalue weighted by atomic mass is 19.2. The molecule has 3 rings (SSSR count). The van der Waals surface area contributed by atoms with Gasteiger partial charge in [0.2, 0.25) is 5.95 Å². The van der Waals surface area contributed by atoms with E-state index >= 15 is 0 Å². The predicted molar refractivity (Wildman–Crippen MR) is 92.5 cm³/mol. The number of hydrogen-bond donors (Lipinski definition) is 2. The maximum atomic E-state index is 13.7. The van der Waals surface area contributed by atoms with Gasteiger partial charge in [0.1, 0.15) is 11.6 Å². The molecule has 0 spiro atoms.